The minimum Gasteiger partial charge on any atom is -0.493 e. The zero-order valence-corrected chi connectivity index (χ0v) is 10.2. The van der Waals surface area contributed by atoms with Crippen molar-refractivity contribution in [3.05, 3.63) is 59.7 Å². The molecule has 0 radical (unpaired) electrons. The molecule has 0 bridgehead atoms. The lowest BCUT2D eigenvalue weighted by Crippen LogP contribution is -2.15. The van der Waals surface area contributed by atoms with Crippen LogP contribution >= 0.6 is 0 Å². The van der Waals surface area contributed by atoms with Gasteiger partial charge in [-0.05, 0) is 18.2 Å². The predicted octanol–water partition coefficient (Wildman–Crippen LogP) is 3.55. The number of benzene rings is 2. The highest BCUT2D eigenvalue weighted by Gasteiger charge is 2.23. The molecule has 1 aliphatic heterocycles. The maximum absolute atomic E-state index is 13.5. The SMILES string of the molecule is Fc1cccc(F)c1NCC1COc2ccccc21. The van der Waals surface area contributed by atoms with E-state index in [9.17, 15) is 8.78 Å². The molecule has 2 nitrogen and oxygen atoms in total. The highest BCUT2D eigenvalue weighted by Crippen LogP contribution is 2.33. The second kappa shape index (κ2) is 4.88. The van der Waals surface area contributed by atoms with E-state index in [0.29, 0.717) is 13.2 Å². The third kappa shape index (κ3) is 2.26. The number of nitrogens with one attached hydrogen (secondary N) is 1. The van der Waals surface area contributed by atoms with E-state index in [1.165, 1.54) is 18.2 Å². The van der Waals surface area contributed by atoms with Crippen molar-refractivity contribution >= 4 is 5.69 Å². The smallest absolute Gasteiger partial charge is 0.149 e. The predicted molar refractivity (Wildman–Crippen MR) is 69.5 cm³/mol. The summed E-state index contributed by atoms with van der Waals surface area (Å²) in [4.78, 5) is 0. The number of halogens is 2. The fourth-order valence-corrected chi connectivity index (χ4v) is 2.29. The first kappa shape index (κ1) is 12.0. The molecule has 2 aromatic rings. The fraction of sp³-hybridized carbons (Fsp3) is 0.200. The topological polar surface area (TPSA) is 21.3 Å². The maximum Gasteiger partial charge on any atom is 0.149 e. The maximum atomic E-state index is 13.5. The Hall–Kier alpha value is -2.10. The van der Waals surface area contributed by atoms with Crippen molar-refractivity contribution in [3.8, 4) is 5.75 Å². The normalized spacial score (nSPS) is 16.8. The molecule has 0 spiro atoms. The first-order valence-electron chi connectivity index (χ1n) is 6.15. The highest BCUT2D eigenvalue weighted by molar-refractivity contribution is 5.47. The molecule has 0 aliphatic carbocycles. The molecule has 0 aromatic heterocycles. The van der Waals surface area contributed by atoms with Crippen LogP contribution in [0.3, 0.4) is 0 Å². The Morgan fingerprint density at radius 3 is 2.58 bits per heavy atom. The Labute approximate surface area is 110 Å². The van der Waals surface area contributed by atoms with Gasteiger partial charge in [0.25, 0.3) is 0 Å². The first-order chi connectivity index (χ1) is 9.25. The number of hydrogen-bond acceptors (Lipinski definition) is 2. The van der Waals surface area contributed by atoms with Crippen molar-refractivity contribution in [2.45, 2.75) is 5.92 Å². The van der Waals surface area contributed by atoms with Gasteiger partial charge in [0.1, 0.15) is 23.1 Å². The van der Waals surface area contributed by atoms with Crippen LogP contribution in [0.15, 0.2) is 42.5 Å². The van der Waals surface area contributed by atoms with Gasteiger partial charge in [-0.15, -0.1) is 0 Å². The molecular formula is C15H13F2NO. The van der Waals surface area contributed by atoms with Crippen molar-refractivity contribution in [2.75, 3.05) is 18.5 Å². The molecule has 1 unspecified atom stereocenters. The van der Waals surface area contributed by atoms with E-state index < -0.39 is 11.6 Å². The molecule has 0 saturated heterocycles. The molecular weight excluding hydrogens is 248 g/mol. The lowest BCUT2D eigenvalue weighted by atomic mass is 10.0. The largest absolute Gasteiger partial charge is 0.493 e. The molecule has 1 heterocycles. The van der Waals surface area contributed by atoms with E-state index in [1.54, 1.807) is 0 Å². The Balaban J connectivity index is 1.75. The summed E-state index contributed by atoms with van der Waals surface area (Å²) in [5.41, 5.74) is 0.999. The second-order valence-corrected chi connectivity index (χ2v) is 4.52. The summed E-state index contributed by atoms with van der Waals surface area (Å²) in [7, 11) is 0. The van der Waals surface area contributed by atoms with Crippen LogP contribution in [0.4, 0.5) is 14.5 Å². The van der Waals surface area contributed by atoms with Gasteiger partial charge >= 0.3 is 0 Å². The quantitative estimate of drug-likeness (QED) is 0.912. The van der Waals surface area contributed by atoms with Crippen LogP contribution < -0.4 is 10.1 Å². The van der Waals surface area contributed by atoms with Gasteiger partial charge in [0.05, 0.1) is 6.61 Å². The van der Waals surface area contributed by atoms with Gasteiger partial charge in [0.2, 0.25) is 0 Å². The summed E-state index contributed by atoms with van der Waals surface area (Å²) in [5.74, 6) is -0.196. The van der Waals surface area contributed by atoms with Gasteiger partial charge < -0.3 is 10.1 Å². The van der Waals surface area contributed by atoms with E-state index in [4.69, 9.17) is 4.74 Å². The van der Waals surface area contributed by atoms with E-state index in [0.717, 1.165) is 11.3 Å². The standard InChI is InChI=1S/C15H13F2NO/c16-12-5-3-6-13(17)15(12)18-8-10-9-19-14-7-2-1-4-11(10)14/h1-7,10,18H,8-9H2. The van der Waals surface area contributed by atoms with Crippen LogP contribution in [0.1, 0.15) is 11.5 Å². The summed E-state index contributed by atoms with van der Waals surface area (Å²) < 4.78 is 32.5. The summed E-state index contributed by atoms with van der Waals surface area (Å²) in [6, 6.07) is 11.6. The van der Waals surface area contributed by atoms with Gasteiger partial charge in [-0.25, -0.2) is 8.78 Å². The third-order valence-corrected chi connectivity index (χ3v) is 3.29. The molecule has 4 heteroatoms. The highest BCUT2D eigenvalue weighted by atomic mass is 19.1. The molecule has 2 aromatic carbocycles. The monoisotopic (exact) mass is 261 g/mol. The minimum absolute atomic E-state index is 0.0770. The number of hydrogen-bond donors (Lipinski definition) is 1. The Bertz CT molecular complexity index is 580. The van der Waals surface area contributed by atoms with Gasteiger partial charge in [-0.2, -0.15) is 0 Å². The lowest BCUT2D eigenvalue weighted by Gasteiger charge is -2.12. The number of ether oxygens (including phenoxy) is 1. The van der Waals surface area contributed by atoms with Crippen molar-refractivity contribution in [1.29, 1.82) is 0 Å². The summed E-state index contributed by atoms with van der Waals surface area (Å²) in [5, 5.41) is 2.83. The second-order valence-electron chi connectivity index (χ2n) is 4.52. The van der Waals surface area contributed by atoms with Crippen molar-refractivity contribution in [1.82, 2.24) is 0 Å². The van der Waals surface area contributed by atoms with Crippen molar-refractivity contribution in [2.24, 2.45) is 0 Å². The summed E-state index contributed by atoms with van der Waals surface area (Å²) in [6.45, 7) is 0.970. The van der Waals surface area contributed by atoms with Gasteiger partial charge in [-0.1, -0.05) is 24.3 Å². The van der Waals surface area contributed by atoms with E-state index >= 15 is 0 Å². The van der Waals surface area contributed by atoms with Gasteiger partial charge in [0, 0.05) is 18.0 Å². The molecule has 19 heavy (non-hydrogen) atoms. The van der Waals surface area contributed by atoms with Crippen LogP contribution in [0, 0.1) is 11.6 Å². The van der Waals surface area contributed by atoms with Crippen molar-refractivity contribution in [3.63, 3.8) is 0 Å². The molecule has 0 amide bonds. The minimum atomic E-state index is -0.577. The molecule has 3 rings (SSSR count). The van der Waals surface area contributed by atoms with Crippen LogP contribution in [-0.4, -0.2) is 13.2 Å². The first-order valence-corrected chi connectivity index (χ1v) is 6.15. The molecule has 1 aliphatic rings. The molecule has 98 valence electrons. The Morgan fingerprint density at radius 2 is 1.79 bits per heavy atom. The van der Waals surface area contributed by atoms with E-state index in [-0.39, 0.29) is 11.6 Å². The number of para-hydroxylation sites is 2. The van der Waals surface area contributed by atoms with Crippen LogP contribution in [0.2, 0.25) is 0 Å². The van der Waals surface area contributed by atoms with E-state index in [2.05, 4.69) is 5.32 Å². The molecule has 0 fully saturated rings. The average Bonchev–Trinajstić information content (AvgIpc) is 2.82. The fourth-order valence-electron chi connectivity index (χ4n) is 2.29. The summed E-state index contributed by atoms with van der Waals surface area (Å²) in [6.07, 6.45) is 0. The van der Waals surface area contributed by atoms with E-state index in [1.807, 2.05) is 24.3 Å². The average molecular weight is 261 g/mol. The van der Waals surface area contributed by atoms with Crippen LogP contribution in [0.5, 0.6) is 5.75 Å². The molecule has 1 N–H and O–H groups in total. The Kier molecular flexibility index (Phi) is 3.07. The number of rotatable bonds is 3. The van der Waals surface area contributed by atoms with Gasteiger partial charge in [-0.3, -0.25) is 0 Å². The Morgan fingerprint density at radius 1 is 1.05 bits per heavy atom. The molecule has 0 saturated carbocycles. The van der Waals surface area contributed by atoms with Gasteiger partial charge in [0.15, 0.2) is 0 Å². The zero-order valence-electron chi connectivity index (χ0n) is 10.2. The third-order valence-electron chi connectivity index (χ3n) is 3.29. The number of fused-ring (bicyclic) bond motifs is 1. The lowest BCUT2D eigenvalue weighted by molar-refractivity contribution is 0.334. The summed E-state index contributed by atoms with van der Waals surface area (Å²) >= 11 is 0. The van der Waals surface area contributed by atoms with Crippen LogP contribution in [-0.2, 0) is 0 Å². The number of anilines is 1. The van der Waals surface area contributed by atoms with Crippen LogP contribution in [0.25, 0.3) is 0 Å². The molecule has 1 atom stereocenters. The van der Waals surface area contributed by atoms with Crippen molar-refractivity contribution < 1.29 is 13.5 Å². The zero-order chi connectivity index (χ0) is 13.2.